The second-order valence-electron chi connectivity index (χ2n) is 6.35. The maximum Gasteiger partial charge on any atom is 0.238 e. The minimum absolute atomic E-state index is 0.0384. The Hall–Kier alpha value is -3.19. The Morgan fingerprint density at radius 3 is 2.37 bits per heavy atom. The molecule has 152 valence electrons. The quantitative estimate of drug-likeness (QED) is 0.568. The first-order valence-electron chi connectivity index (χ1n) is 8.85. The van der Waals surface area contributed by atoms with Crippen molar-refractivity contribution in [3.8, 4) is 17.3 Å². The summed E-state index contributed by atoms with van der Waals surface area (Å²) < 4.78 is 22.6. The molecule has 0 saturated heterocycles. The van der Waals surface area contributed by atoms with E-state index in [0.717, 1.165) is 5.56 Å². The number of anilines is 1. The van der Waals surface area contributed by atoms with Crippen LogP contribution in [-0.4, -0.2) is 24.6 Å². The lowest BCUT2D eigenvalue weighted by Gasteiger charge is -2.13. The molecule has 0 radical (unpaired) electrons. The van der Waals surface area contributed by atoms with Crippen molar-refractivity contribution in [2.75, 3.05) is 5.32 Å². The second kappa shape index (κ2) is 9.09. The van der Waals surface area contributed by atoms with Crippen molar-refractivity contribution in [1.82, 2.24) is 4.98 Å². The van der Waals surface area contributed by atoms with Gasteiger partial charge >= 0.3 is 0 Å². The van der Waals surface area contributed by atoms with Crippen LogP contribution in [0.3, 0.4) is 0 Å². The number of amides is 1. The summed E-state index contributed by atoms with van der Waals surface area (Å²) in [7, 11) is -3.80. The van der Waals surface area contributed by atoms with Gasteiger partial charge in [0, 0.05) is 11.3 Å². The SMILES string of the molecule is CC(Sc1nc(-c2ccccc2)ccc1C#N)C(=O)Nc1ccc(S(N)(=O)=O)cc1. The average Bonchev–Trinajstić information content (AvgIpc) is 2.74. The highest BCUT2D eigenvalue weighted by molar-refractivity contribution is 8.00. The zero-order chi connectivity index (χ0) is 21.7. The molecule has 0 saturated carbocycles. The fourth-order valence-electron chi connectivity index (χ4n) is 2.58. The first-order chi connectivity index (χ1) is 14.3. The molecule has 0 bridgehead atoms. The van der Waals surface area contributed by atoms with E-state index in [2.05, 4.69) is 16.4 Å². The standard InChI is InChI=1S/C21H18N4O3S2/c1-14(20(26)24-17-8-10-18(11-9-17)30(23,27)28)29-21-16(13-22)7-12-19(25-21)15-5-3-2-4-6-15/h2-12,14H,1H3,(H,24,26)(H2,23,27,28). The highest BCUT2D eigenvalue weighted by Crippen LogP contribution is 2.29. The molecule has 1 aromatic heterocycles. The van der Waals surface area contributed by atoms with Gasteiger partial charge in [-0.1, -0.05) is 42.1 Å². The molecule has 3 N–H and O–H groups in total. The smallest absolute Gasteiger partial charge is 0.238 e. The molecule has 1 unspecified atom stereocenters. The Morgan fingerprint density at radius 1 is 1.10 bits per heavy atom. The minimum atomic E-state index is -3.80. The molecule has 0 aliphatic rings. The number of thioether (sulfide) groups is 1. The molecule has 0 spiro atoms. The number of primary sulfonamides is 1. The third-order valence-corrected chi connectivity index (χ3v) is 6.19. The Morgan fingerprint density at radius 2 is 1.77 bits per heavy atom. The largest absolute Gasteiger partial charge is 0.325 e. The normalized spacial score (nSPS) is 12.0. The molecule has 0 fully saturated rings. The van der Waals surface area contributed by atoms with Gasteiger partial charge in [0.2, 0.25) is 15.9 Å². The number of nitrogens with two attached hydrogens (primary N) is 1. The van der Waals surface area contributed by atoms with E-state index in [9.17, 15) is 18.5 Å². The first-order valence-corrected chi connectivity index (χ1v) is 11.3. The maximum atomic E-state index is 12.6. The fourth-order valence-corrected chi connectivity index (χ4v) is 3.99. The Kier molecular flexibility index (Phi) is 6.52. The van der Waals surface area contributed by atoms with Crippen molar-refractivity contribution in [2.45, 2.75) is 22.1 Å². The highest BCUT2D eigenvalue weighted by atomic mass is 32.2. The number of hydrogen-bond acceptors (Lipinski definition) is 6. The molecule has 30 heavy (non-hydrogen) atoms. The van der Waals surface area contributed by atoms with Gasteiger partial charge in [-0.05, 0) is 43.3 Å². The van der Waals surface area contributed by atoms with Gasteiger partial charge < -0.3 is 5.32 Å². The van der Waals surface area contributed by atoms with E-state index >= 15 is 0 Å². The number of pyridine rings is 1. The van der Waals surface area contributed by atoms with Gasteiger partial charge in [-0.25, -0.2) is 18.5 Å². The second-order valence-corrected chi connectivity index (χ2v) is 9.24. The van der Waals surface area contributed by atoms with Gasteiger partial charge in [-0.15, -0.1) is 0 Å². The van der Waals surface area contributed by atoms with Crippen molar-refractivity contribution in [1.29, 1.82) is 5.26 Å². The van der Waals surface area contributed by atoms with Crippen LogP contribution in [0.5, 0.6) is 0 Å². The van der Waals surface area contributed by atoms with E-state index in [1.807, 2.05) is 30.3 Å². The molecule has 1 amide bonds. The fraction of sp³-hybridized carbons (Fsp3) is 0.0952. The number of nitrogens with zero attached hydrogens (tertiary/aromatic N) is 2. The van der Waals surface area contributed by atoms with E-state index < -0.39 is 15.3 Å². The van der Waals surface area contributed by atoms with Crippen LogP contribution < -0.4 is 10.5 Å². The summed E-state index contributed by atoms with van der Waals surface area (Å²) in [6.45, 7) is 1.71. The average molecular weight is 439 g/mol. The van der Waals surface area contributed by atoms with Crippen LogP contribution >= 0.6 is 11.8 Å². The van der Waals surface area contributed by atoms with Crippen LogP contribution in [0.25, 0.3) is 11.3 Å². The zero-order valence-electron chi connectivity index (χ0n) is 15.9. The summed E-state index contributed by atoms with van der Waals surface area (Å²) >= 11 is 1.18. The summed E-state index contributed by atoms with van der Waals surface area (Å²) in [5, 5.41) is 17.1. The van der Waals surface area contributed by atoms with Crippen molar-refractivity contribution >= 4 is 33.4 Å². The van der Waals surface area contributed by atoms with Crippen LogP contribution in [0, 0.1) is 11.3 Å². The van der Waals surface area contributed by atoms with Crippen LogP contribution in [0.2, 0.25) is 0 Å². The predicted octanol–water partition coefficient (Wildman–Crippen LogP) is 3.39. The number of benzene rings is 2. The number of carbonyl (C=O) groups is 1. The Bertz CT molecular complexity index is 1210. The predicted molar refractivity (Wildman–Crippen MR) is 116 cm³/mol. The molecule has 2 aromatic carbocycles. The van der Waals surface area contributed by atoms with Crippen molar-refractivity contribution in [3.05, 3.63) is 72.3 Å². The van der Waals surface area contributed by atoms with Crippen molar-refractivity contribution in [3.63, 3.8) is 0 Å². The number of sulfonamides is 1. The van der Waals surface area contributed by atoms with E-state index in [4.69, 9.17) is 5.14 Å². The van der Waals surface area contributed by atoms with Crippen LogP contribution in [0.1, 0.15) is 12.5 Å². The van der Waals surface area contributed by atoms with Gasteiger partial charge in [0.15, 0.2) is 0 Å². The Balaban J connectivity index is 1.75. The summed E-state index contributed by atoms with van der Waals surface area (Å²) in [6, 6.07) is 20.7. The van der Waals surface area contributed by atoms with Gasteiger partial charge in [0.1, 0.15) is 11.1 Å². The molecule has 0 aliphatic carbocycles. The lowest BCUT2D eigenvalue weighted by atomic mass is 10.1. The first kappa shape index (κ1) is 21.5. The molecule has 7 nitrogen and oxygen atoms in total. The number of aromatic nitrogens is 1. The third-order valence-electron chi connectivity index (χ3n) is 4.16. The molecule has 1 heterocycles. The monoisotopic (exact) mass is 438 g/mol. The minimum Gasteiger partial charge on any atom is -0.325 e. The summed E-state index contributed by atoms with van der Waals surface area (Å²) in [6.07, 6.45) is 0. The third kappa shape index (κ3) is 5.24. The van der Waals surface area contributed by atoms with Crippen LogP contribution in [0.4, 0.5) is 5.69 Å². The van der Waals surface area contributed by atoms with E-state index in [-0.39, 0.29) is 10.8 Å². The van der Waals surface area contributed by atoms with Gasteiger partial charge in [0.25, 0.3) is 0 Å². The lowest BCUT2D eigenvalue weighted by molar-refractivity contribution is -0.115. The van der Waals surface area contributed by atoms with Gasteiger partial charge in [-0.3, -0.25) is 4.79 Å². The maximum absolute atomic E-state index is 12.6. The van der Waals surface area contributed by atoms with Gasteiger partial charge in [0.05, 0.1) is 21.4 Å². The van der Waals surface area contributed by atoms with E-state index in [0.29, 0.717) is 22.0 Å². The van der Waals surface area contributed by atoms with Crippen LogP contribution in [-0.2, 0) is 14.8 Å². The summed E-state index contributed by atoms with van der Waals surface area (Å²) in [5.74, 6) is -0.306. The number of nitriles is 1. The molecule has 0 aliphatic heterocycles. The van der Waals surface area contributed by atoms with Crippen molar-refractivity contribution < 1.29 is 13.2 Å². The summed E-state index contributed by atoms with van der Waals surface area (Å²) in [4.78, 5) is 17.1. The number of nitrogens with one attached hydrogen (secondary N) is 1. The molecule has 3 aromatic rings. The molecule has 9 heteroatoms. The topological polar surface area (TPSA) is 126 Å². The van der Waals surface area contributed by atoms with Crippen LogP contribution in [0.15, 0.2) is 76.7 Å². The number of hydrogen-bond donors (Lipinski definition) is 2. The zero-order valence-corrected chi connectivity index (χ0v) is 17.6. The van der Waals surface area contributed by atoms with E-state index in [1.54, 1.807) is 19.1 Å². The Labute approximate surface area is 179 Å². The molecule has 3 rings (SSSR count). The number of carbonyl (C=O) groups excluding carboxylic acids is 1. The highest BCUT2D eigenvalue weighted by Gasteiger charge is 2.19. The molecular formula is C21H18N4O3S2. The summed E-state index contributed by atoms with van der Waals surface area (Å²) in [5.41, 5.74) is 2.45. The van der Waals surface area contributed by atoms with Crippen molar-refractivity contribution in [2.24, 2.45) is 5.14 Å². The van der Waals surface area contributed by atoms with E-state index in [1.165, 1.54) is 36.0 Å². The number of rotatable bonds is 6. The molecule has 1 atom stereocenters. The lowest BCUT2D eigenvalue weighted by Crippen LogP contribution is -2.22. The molecular weight excluding hydrogens is 420 g/mol. The van der Waals surface area contributed by atoms with Gasteiger partial charge in [-0.2, -0.15) is 5.26 Å².